The van der Waals surface area contributed by atoms with Crippen molar-refractivity contribution in [1.29, 1.82) is 0 Å². The van der Waals surface area contributed by atoms with E-state index in [1.807, 2.05) is 13.8 Å². The molecule has 0 bridgehead atoms. The fourth-order valence-electron chi connectivity index (χ4n) is 4.39. The zero-order valence-electron chi connectivity index (χ0n) is 19.5. The van der Waals surface area contributed by atoms with Crippen LogP contribution in [0.4, 0.5) is 4.79 Å². The summed E-state index contributed by atoms with van der Waals surface area (Å²) < 4.78 is 11.1. The molecule has 1 aliphatic heterocycles. The molecule has 0 aromatic heterocycles. The van der Waals surface area contributed by atoms with Gasteiger partial charge in [0.2, 0.25) is 0 Å². The topological polar surface area (TPSA) is 62.8 Å². The molecule has 0 saturated heterocycles. The molecule has 2 aromatic carbocycles. The van der Waals surface area contributed by atoms with Crippen molar-refractivity contribution in [2.75, 3.05) is 20.8 Å². The second kappa shape index (κ2) is 10.1. The Labute approximate surface area is 185 Å². The minimum Gasteiger partial charge on any atom is -0.493 e. The molecule has 2 N–H and O–H groups in total. The van der Waals surface area contributed by atoms with Gasteiger partial charge in [0, 0.05) is 25.2 Å². The Morgan fingerprint density at radius 1 is 1.10 bits per heavy atom. The third-order valence-corrected chi connectivity index (χ3v) is 5.91. The van der Waals surface area contributed by atoms with Gasteiger partial charge in [0.05, 0.1) is 20.3 Å². The summed E-state index contributed by atoms with van der Waals surface area (Å²) in [4.78, 5) is 14.9. The van der Waals surface area contributed by atoms with Gasteiger partial charge in [0.15, 0.2) is 11.5 Å². The van der Waals surface area contributed by atoms with Gasteiger partial charge in [0.1, 0.15) is 0 Å². The van der Waals surface area contributed by atoms with E-state index in [2.05, 4.69) is 65.8 Å². The number of hydrogen-bond donors (Lipinski definition) is 2. The van der Waals surface area contributed by atoms with E-state index in [-0.39, 0.29) is 24.2 Å². The SMILES string of the molecule is COc1cc2c(cc1OC)C(C(C)NC(=O)NC(C)C)N(Cc1ccccc1C)CC2. The van der Waals surface area contributed by atoms with E-state index in [0.29, 0.717) is 5.75 Å². The number of fused-ring (bicyclic) bond motifs is 1. The first-order valence-electron chi connectivity index (χ1n) is 10.9. The van der Waals surface area contributed by atoms with E-state index in [1.165, 1.54) is 22.3 Å². The monoisotopic (exact) mass is 425 g/mol. The highest BCUT2D eigenvalue weighted by molar-refractivity contribution is 5.74. The number of amides is 2. The average molecular weight is 426 g/mol. The molecule has 2 amide bonds. The summed E-state index contributed by atoms with van der Waals surface area (Å²) in [5.74, 6) is 1.45. The van der Waals surface area contributed by atoms with Crippen LogP contribution in [-0.4, -0.2) is 43.8 Å². The predicted octanol–water partition coefficient (Wildman–Crippen LogP) is 4.21. The quantitative estimate of drug-likeness (QED) is 0.698. The Morgan fingerprint density at radius 2 is 1.77 bits per heavy atom. The number of methoxy groups -OCH3 is 2. The van der Waals surface area contributed by atoms with Crippen molar-refractivity contribution in [1.82, 2.24) is 15.5 Å². The number of carbonyl (C=O) groups is 1. The van der Waals surface area contributed by atoms with Crippen molar-refractivity contribution in [3.8, 4) is 11.5 Å². The van der Waals surface area contributed by atoms with Gasteiger partial charge in [-0.05, 0) is 68.5 Å². The maximum Gasteiger partial charge on any atom is 0.315 e. The largest absolute Gasteiger partial charge is 0.493 e. The number of hydrogen-bond acceptors (Lipinski definition) is 4. The summed E-state index contributed by atoms with van der Waals surface area (Å²) in [6, 6.07) is 12.5. The van der Waals surface area contributed by atoms with Crippen LogP contribution in [0.2, 0.25) is 0 Å². The zero-order valence-corrected chi connectivity index (χ0v) is 19.5. The Hall–Kier alpha value is -2.73. The molecule has 2 aromatic rings. The molecule has 0 saturated carbocycles. The second-order valence-corrected chi connectivity index (χ2v) is 8.56. The highest BCUT2D eigenvalue weighted by Gasteiger charge is 2.34. The Bertz CT molecular complexity index is 913. The smallest absolute Gasteiger partial charge is 0.315 e. The van der Waals surface area contributed by atoms with E-state index in [9.17, 15) is 4.79 Å². The first-order chi connectivity index (χ1) is 14.8. The van der Waals surface area contributed by atoms with Crippen LogP contribution in [0.15, 0.2) is 36.4 Å². The maximum atomic E-state index is 12.5. The second-order valence-electron chi connectivity index (χ2n) is 8.56. The highest BCUT2D eigenvalue weighted by atomic mass is 16.5. The minimum absolute atomic E-state index is 0.0149. The van der Waals surface area contributed by atoms with Crippen LogP contribution in [0.5, 0.6) is 11.5 Å². The number of aryl methyl sites for hydroxylation is 1. The molecule has 0 spiro atoms. The third kappa shape index (κ3) is 5.31. The number of urea groups is 1. The molecular weight excluding hydrogens is 390 g/mol. The van der Waals surface area contributed by atoms with Gasteiger partial charge in [-0.3, -0.25) is 4.90 Å². The highest BCUT2D eigenvalue weighted by Crippen LogP contribution is 2.40. The predicted molar refractivity (Wildman–Crippen MR) is 124 cm³/mol. The Kier molecular flexibility index (Phi) is 7.44. The number of ether oxygens (including phenoxy) is 2. The van der Waals surface area contributed by atoms with Crippen LogP contribution in [0.1, 0.15) is 49.1 Å². The number of rotatable bonds is 7. The van der Waals surface area contributed by atoms with E-state index < -0.39 is 0 Å². The standard InChI is InChI=1S/C25H35N3O3/c1-16(2)26-25(29)27-18(4)24-21-14-23(31-6)22(30-5)13-19(21)11-12-28(24)15-20-10-8-7-9-17(20)3/h7-10,13-14,16,18,24H,11-12,15H2,1-6H3,(H2,26,27,29). The van der Waals surface area contributed by atoms with Crippen molar-refractivity contribution >= 4 is 6.03 Å². The van der Waals surface area contributed by atoms with E-state index in [4.69, 9.17) is 9.47 Å². The van der Waals surface area contributed by atoms with Gasteiger partial charge >= 0.3 is 6.03 Å². The lowest BCUT2D eigenvalue weighted by atomic mass is 9.87. The molecule has 168 valence electrons. The van der Waals surface area contributed by atoms with Crippen LogP contribution in [0.3, 0.4) is 0 Å². The molecule has 0 fully saturated rings. The molecular formula is C25H35N3O3. The summed E-state index contributed by atoms with van der Waals surface area (Å²) in [5.41, 5.74) is 4.99. The summed E-state index contributed by atoms with van der Waals surface area (Å²) in [5, 5.41) is 6.09. The maximum absolute atomic E-state index is 12.5. The van der Waals surface area contributed by atoms with E-state index in [0.717, 1.165) is 25.3 Å². The summed E-state index contributed by atoms with van der Waals surface area (Å²) in [6.45, 7) is 9.86. The lowest BCUT2D eigenvalue weighted by molar-refractivity contribution is 0.142. The lowest BCUT2D eigenvalue weighted by Gasteiger charge is -2.41. The van der Waals surface area contributed by atoms with Crippen molar-refractivity contribution in [3.05, 3.63) is 58.7 Å². The van der Waals surface area contributed by atoms with Crippen molar-refractivity contribution in [2.24, 2.45) is 0 Å². The molecule has 2 atom stereocenters. The first kappa shape index (κ1) is 22.9. The van der Waals surface area contributed by atoms with Gasteiger partial charge in [-0.25, -0.2) is 4.79 Å². The molecule has 0 aliphatic carbocycles. The fraction of sp³-hybridized carbons (Fsp3) is 0.480. The number of benzene rings is 2. The van der Waals surface area contributed by atoms with Crippen molar-refractivity contribution in [2.45, 2.75) is 58.8 Å². The van der Waals surface area contributed by atoms with Crippen LogP contribution in [0, 0.1) is 6.92 Å². The number of nitrogens with zero attached hydrogens (tertiary/aromatic N) is 1. The van der Waals surface area contributed by atoms with Crippen LogP contribution >= 0.6 is 0 Å². The third-order valence-electron chi connectivity index (χ3n) is 5.91. The zero-order chi connectivity index (χ0) is 22.5. The molecule has 6 heteroatoms. The minimum atomic E-state index is -0.147. The van der Waals surface area contributed by atoms with Crippen LogP contribution < -0.4 is 20.1 Å². The van der Waals surface area contributed by atoms with E-state index in [1.54, 1.807) is 14.2 Å². The van der Waals surface area contributed by atoms with Gasteiger partial charge in [0.25, 0.3) is 0 Å². The van der Waals surface area contributed by atoms with Crippen molar-refractivity contribution in [3.63, 3.8) is 0 Å². The number of nitrogens with one attached hydrogen (secondary N) is 2. The van der Waals surface area contributed by atoms with Gasteiger partial charge in [-0.1, -0.05) is 24.3 Å². The van der Waals surface area contributed by atoms with Crippen LogP contribution in [0.25, 0.3) is 0 Å². The Balaban J connectivity index is 1.97. The van der Waals surface area contributed by atoms with Gasteiger partial charge < -0.3 is 20.1 Å². The summed E-state index contributed by atoms with van der Waals surface area (Å²) >= 11 is 0. The van der Waals surface area contributed by atoms with Gasteiger partial charge in [-0.15, -0.1) is 0 Å². The lowest BCUT2D eigenvalue weighted by Crippen LogP contribution is -2.50. The summed E-state index contributed by atoms with van der Waals surface area (Å²) in [7, 11) is 3.32. The molecule has 0 radical (unpaired) electrons. The fourth-order valence-corrected chi connectivity index (χ4v) is 4.39. The first-order valence-corrected chi connectivity index (χ1v) is 10.9. The molecule has 1 aliphatic rings. The molecule has 31 heavy (non-hydrogen) atoms. The number of carbonyl (C=O) groups excluding carboxylic acids is 1. The normalized spacial score (nSPS) is 17.1. The molecule has 6 nitrogen and oxygen atoms in total. The van der Waals surface area contributed by atoms with E-state index >= 15 is 0 Å². The van der Waals surface area contributed by atoms with Crippen molar-refractivity contribution < 1.29 is 14.3 Å². The Morgan fingerprint density at radius 3 is 2.42 bits per heavy atom. The van der Waals surface area contributed by atoms with Gasteiger partial charge in [-0.2, -0.15) is 0 Å². The molecule has 2 unspecified atom stereocenters. The average Bonchev–Trinajstić information content (AvgIpc) is 2.73. The summed E-state index contributed by atoms with van der Waals surface area (Å²) in [6.07, 6.45) is 0.920. The molecule has 1 heterocycles. The van der Waals surface area contributed by atoms with Crippen LogP contribution in [-0.2, 0) is 13.0 Å². The molecule has 3 rings (SSSR count).